The molecule has 2 rings (SSSR count). The van der Waals surface area contributed by atoms with Gasteiger partial charge in [-0.25, -0.2) is 4.98 Å². The predicted octanol–water partition coefficient (Wildman–Crippen LogP) is 2.19. The molecule has 0 atom stereocenters. The number of carbonyl (C=O) groups is 1. The Balaban J connectivity index is 2.77. The zero-order valence-corrected chi connectivity index (χ0v) is 11.1. The van der Waals surface area contributed by atoms with Gasteiger partial charge in [0.15, 0.2) is 0 Å². The summed E-state index contributed by atoms with van der Waals surface area (Å²) in [6, 6.07) is 5.29. The van der Waals surface area contributed by atoms with Crippen molar-refractivity contribution in [1.29, 1.82) is 0 Å². The van der Waals surface area contributed by atoms with Gasteiger partial charge in [0.05, 0.1) is 20.6 Å². The van der Waals surface area contributed by atoms with E-state index in [1.165, 1.54) is 0 Å². The number of rotatable bonds is 4. The second-order valence-electron chi connectivity index (χ2n) is 4.22. The number of hydrogen-bond donors (Lipinski definition) is 1. The SMILES string of the molecule is COc1cc(OC)c2nc(C)cc(CC(=O)O)c2c1. The van der Waals surface area contributed by atoms with E-state index in [-0.39, 0.29) is 6.42 Å². The van der Waals surface area contributed by atoms with E-state index in [2.05, 4.69) is 4.98 Å². The van der Waals surface area contributed by atoms with Crippen molar-refractivity contribution in [2.45, 2.75) is 13.3 Å². The number of aryl methyl sites for hydroxylation is 1. The van der Waals surface area contributed by atoms with Crippen molar-refractivity contribution >= 4 is 16.9 Å². The maximum absolute atomic E-state index is 10.9. The number of ether oxygens (including phenoxy) is 2. The molecule has 0 fully saturated rings. The molecular weight excluding hydrogens is 246 g/mol. The minimum atomic E-state index is -0.881. The van der Waals surface area contributed by atoms with Crippen LogP contribution in [0.2, 0.25) is 0 Å². The highest BCUT2D eigenvalue weighted by Gasteiger charge is 2.13. The van der Waals surface area contributed by atoms with Gasteiger partial charge in [0.1, 0.15) is 17.0 Å². The molecule has 5 nitrogen and oxygen atoms in total. The van der Waals surface area contributed by atoms with Crippen molar-refractivity contribution in [3.63, 3.8) is 0 Å². The van der Waals surface area contributed by atoms with Crippen molar-refractivity contribution in [3.8, 4) is 11.5 Å². The van der Waals surface area contributed by atoms with Gasteiger partial charge >= 0.3 is 5.97 Å². The standard InChI is InChI=1S/C14H15NO4/c1-8-4-9(5-13(16)17)11-6-10(18-2)7-12(19-3)14(11)15-8/h4,6-7H,5H2,1-3H3,(H,16,17). The summed E-state index contributed by atoms with van der Waals surface area (Å²) in [4.78, 5) is 15.4. The first-order valence-electron chi connectivity index (χ1n) is 5.79. The maximum atomic E-state index is 10.9. The van der Waals surface area contributed by atoms with E-state index in [4.69, 9.17) is 14.6 Å². The maximum Gasteiger partial charge on any atom is 0.307 e. The molecule has 1 aromatic carbocycles. The number of carboxylic acids is 1. The van der Waals surface area contributed by atoms with E-state index in [1.807, 2.05) is 6.92 Å². The van der Waals surface area contributed by atoms with Gasteiger partial charge in [-0.15, -0.1) is 0 Å². The van der Waals surface area contributed by atoms with Gasteiger partial charge in [0.2, 0.25) is 0 Å². The first-order valence-corrected chi connectivity index (χ1v) is 5.79. The lowest BCUT2D eigenvalue weighted by Gasteiger charge is -2.11. The second-order valence-corrected chi connectivity index (χ2v) is 4.22. The summed E-state index contributed by atoms with van der Waals surface area (Å²) >= 11 is 0. The molecule has 0 aliphatic rings. The molecule has 0 spiro atoms. The largest absolute Gasteiger partial charge is 0.497 e. The Morgan fingerprint density at radius 2 is 2.00 bits per heavy atom. The van der Waals surface area contributed by atoms with Crippen LogP contribution in [0.5, 0.6) is 11.5 Å². The fourth-order valence-corrected chi connectivity index (χ4v) is 2.06. The van der Waals surface area contributed by atoms with Crippen molar-refractivity contribution in [2.24, 2.45) is 0 Å². The van der Waals surface area contributed by atoms with Crippen LogP contribution in [0.25, 0.3) is 10.9 Å². The van der Waals surface area contributed by atoms with Crippen LogP contribution >= 0.6 is 0 Å². The van der Waals surface area contributed by atoms with Crippen molar-refractivity contribution in [2.75, 3.05) is 14.2 Å². The van der Waals surface area contributed by atoms with Crippen LogP contribution in [0.4, 0.5) is 0 Å². The summed E-state index contributed by atoms with van der Waals surface area (Å²) in [6.07, 6.45) is -0.0593. The number of nitrogens with zero attached hydrogens (tertiary/aromatic N) is 1. The molecule has 5 heteroatoms. The van der Waals surface area contributed by atoms with E-state index >= 15 is 0 Å². The molecule has 0 saturated carbocycles. The minimum Gasteiger partial charge on any atom is -0.497 e. The number of aliphatic carboxylic acids is 1. The van der Waals surface area contributed by atoms with Gasteiger partial charge < -0.3 is 14.6 Å². The number of carboxylic acid groups (broad SMARTS) is 1. The van der Waals surface area contributed by atoms with Crippen LogP contribution in [0.15, 0.2) is 18.2 Å². The summed E-state index contributed by atoms with van der Waals surface area (Å²) in [5, 5.41) is 9.73. The first-order chi connectivity index (χ1) is 9.05. The molecular formula is C14H15NO4. The third-order valence-electron chi connectivity index (χ3n) is 2.86. The molecule has 1 aromatic heterocycles. The molecule has 2 aromatic rings. The highest BCUT2D eigenvalue weighted by molar-refractivity contribution is 5.91. The highest BCUT2D eigenvalue weighted by atomic mass is 16.5. The summed E-state index contributed by atoms with van der Waals surface area (Å²) in [5.74, 6) is 0.306. The van der Waals surface area contributed by atoms with Gasteiger partial charge in [0.25, 0.3) is 0 Å². The summed E-state index contributed by atoms with van der Waals surface area (Å²) in [6.45, 7) is 1.83. The zero-order valence-electron chi connectivity index (χ0n) is 11.1. The molecule has 0 radical (unpaired) electrons. The Bertz CT molecular complexity index is 637. The third kappa shape index (κ3) is 2.59. The predicted molar refractivity (Wildman–Crippen MR) is 70.9 cm³/mol. The average Bonchev–Trinajstić information content (AvgIpc) is 2.37. The molecule has 100 valence electrons. The van der Waals surface area contributed by atoms with E-state index in [9.17, 15) is 4.79 Å². The quantitative estimate of drug-likeness (QED) is 0.913. The topological polar surface area (TPSA) is 68.7 Å². The molecule has 0 amide bonds. The van der Waals surface area contributed by atoms with Gasteiger partial charge in [-0.05, 0) is 24.6 Å². The van der Waals surface area contributed by atoms with E-state index in [0.717, 1.165) is 11.1 Å². The van der Waals surface area contributed by atoms with Crippen LogP contribution in [0.3, 0.4) is 0 Å². The smallest absolute Gasteiger partial charge is 0.307 e. The van der Waals surface area contributed by atoms with Crippen LogP contribution in [-0.4, -0.2) is 30.3 Å². The minimum absolute atomic E-state index is 0.0593. The number of aromatic nitrogens is 1. The van der Waals surface area contributed by atoms with Gasteiger partial charge in [0, 0.05) is 17.1 Å². The lowest BCUT2D eigenvalue weighted by Crippen LogP contribution is -2.03. The Labute approximate surface area is 110 Å². The van der Waals surface area contributed by atoms with Crippen LogP contribution in [-0.2, 0) is 11.2 Å². The van der Waals surface area contributed by atoms with Gasteiger partial charge in [-0.1, -0.05) is 0 Å². The van der Waals surface area contributed by atoms with E-state index in [0.29, 0.717) is 22.6 Å². The Kier molecular flexibility index (Phi) is 3.55. The molecule has 0 bridgehead atoms. The van der Waals surface area contributed by atoms with E-state index < -0.39 is 5.97 Å². The summed E-state index contributed by atoms with van der Waals surface area (Å²) < 4.78 is 10.5. The second kappa shape index (κ2) is 5.14. The number of methoxy groups -OCH3 is 2. The van der Waals surface area contributed by atoms with Crippen molar-refractivity contribution in [1.82, 2.24) is 4.98 Å². The van der Waals surface area contributed by atoms with Crippen LogP contribution in [0, 0.1) is 6.92 Å². The fraction of sp³-hybridized carbons (Fsp3) is 0.286. The zero-order chi connectivity index (χ0) is 14.0. The highest BCUT2D eigenvalue weighted by Crippen LogP contribution is 2.32. The Hall–Kier alpha value is -2.30. The number of fused-ring (bicyclic) bond motifs is 1. The number of hydrogen-bond acceptors (Lipinski definition) is 4. The van der Waals surface area contributed by atoms with E-state index in [1.54, 1.807) is 32.4 Å². The third-order valence-corrected chi connectivity index (χ3v) is 2.86. The molecule has 0 aliphatic heterocycles. The van der Waals surface area contributed by atoms with Crippen molar-refractivity contribution < 1.29 is 19.4 Å². The Morgan fingerprint density at radius 3 is 2.58 bits per heavy atom. The lowest BCUT2D eigenvalue weighted by atomic mass is 10.0. The van der Waals surface area contributed by atoms with Crippen molar-refractivity contribution in [3.05, 3.63) is 29.5 Å². The van der Waals surface area contributed by atoms with Crippen LogP contribution < -0.4 is 9.47 Å². The summed E-state index contributed by atoms with van der Waals surface area (Å²) in [7, 11) is 3.11. The molecule has 1 heterocycles. The molecule has 0 saturated heterocycles. The monoisotopic (exact) mass is 261 g/mol. The Morgan fingerprint density at radius 1 is 1.26 bits per heavy atom. The first kappa shape index (κ1) is 13.1. The molecule has 0 unspecified atom stereocenters. The molecule has 1 N–H and O–H groups in total. The number of pyridine rings is 1. The lowest BCUT2D eigenvalue weighted by molar-refractivity contribution is -0.136. The molecule has 0 aliphatic carbocycles. The van der Waals surface area contributed by atoms with Gasteiger partial charge in [-0.3, -0.25) is 4.79 Å². The number of benzene rings is 1. The van der Waals surface area contributed by atoms with Crippen LogP contribution in [0.1, 0.15) is 11.3 Å². The normalized spacial score (nSPS) is 10.5. The summed E-state index contributed by atoms with van der Waals surface area (Å²) in [5.41, 5.74) is 2.11. The fourth-order valence-electron chi connectivity index (χ4n) is 2.06. The van der Waals surface area contributed by atoms with Gasteiger partial charge in [-0.2, -0.15) is 0 Å². The average molecular weight is 261 g/mol. The molecule has 19 heavy (non-hydrogen) atoms.